The highest BCUT2D eigenvalue weighted by molar-refractivity contribution is 5.12. The van der Waals surface area contributed by atoms with Crippen LogP contribution in [0.25, 0.3) is 0 Å². The van der Waals surface area contributed by atoms with Gasteiger partial charge in [0.05, 0.1) is 11.5 Å². The summed E-state index contributed by atoms with van der Waals surface area (Å²) in [6.07, 6.45) is 2.20. The second-order valence-corrected chi connectivity index (χ2v) is 5.30. The average Bonchev–Trinajstić information content (AvgIpc) is 2.90. The van der Waals surface area contributed by atoms with Crippen molar-refractivity contribution in [2.75, 3.05) is 26.2 Å². The number of hydrogen-bond acceptors (Lipinski definition) is 3. The Labute approximate surface area is 86.1 Å². The molecule has 0 radical (unpaired) electrons. The minimum absolute atomic E-state index is 0.00854. The van der Waals surface area contributed by atoms with Gasteiger partial charge in [-0.05, 0) is 26.7 Å². The van der Waals surface area contributed by atoms with Crippen molar-refractivity contribution in [2.45, 2.75) is 32.2 Å². The van der Waals surface area contributed by atoms with E-state index in [1.165, 1.54) is 0 Å². The lowest BCUT2D eigenvalue weighted by molar-refractivity contribution is 0.0767. The lowest BCUT2D eigenvalue weighted by Crippen LogP contribution is -2.59. The van der Waals surface area contributed by atoms with Gasteiger partial charge < -0.3 is 5.32 Å². The summed E-state index contributed by atoms with van der Waals surface area (Å²) in [5.41, 5.74) is 0.222. The van der Waals surface area contributed by atoms with Crippen LogP contribution in [0.15, 0.2) is 0 Å². The third-order valence-corrected chi connectivity index (χ3v) is 3.56. The van der Waals surface area contributed by atoms with Gasteiger partial charge in [-0.2, -0.15) is 5.26 Å². The summed E-state index contributed by atoms with van der Waals surface area (Å²) in [6, 6.07) is 2.48. The molecular weight excluding hydrogens is 174 g/mol. The molecule has 1 N–H and O–H groups in total. The molecule has 3 nitrogen and oxygen atoms in total. The van der Waals surface area contributed by atoms with Crippen LogP contribution in [0.5, 0.6) is 0 Å². The molecule has 2 fully saturated rings. The Morgan fingerprint density at radius 1 is 1.43 bits per heavy atom. The highest BCUT2D eigenvalue weighted by Gasteiger charge is 2.46. The van der Waals surface area contributed by atoms with Gasteiger partial charge in [0, 0.05) is 31.7 Å². The number of nitriles is 1. The van der Waals surface area contributed by atoms with E-state index in [0.717, 1.165) is 39.0 Å². The molecule has 1 heterocycles. The Balaban J connectivity index is 1.99. The molecule has 2 rings (SSSR count). The fraction of sp³-hybridized carbons (Fsp3) is 0.909. The van der Waals surface area contributed by atoms with Crippen LogP contribution in [-0.4, -0.2) is 36.6 Å². The minimum Gasteiger partial charge on any atom is -0.314 e. The molecule has 3 heteroatoms. The SMILES string of the molecule is CC1(C)CNCCN1CC1(C#N)CC1. The zero-order valence-corrected chi connectivity index (χ0v) is 9.14. The van der Waals surface area contributed by atoms with Crippen molar-refractivity contribution in [3.63, 3.8) is 0 Å². The molecule has 1 saturated carbocycles. The van der Waals surface area contributed by atoms with Gasteiger partial charge in [-0.15, -0.1) is 0 Å². The number of piperazine rings is 1. The van der Waals surface area contributed by atoms with Crippen LogP contribution in [0.4, 0.5) is 0 Å². The summed E-state index contributed by atoms with van der Waals surface area (Å²) in [5.74, 6) is 0. The van der Waals surface area contributed by atoms with Crippen LogP contribution in [0, 0.1) is 16.7 Å². The third-order valence-electron chi connectivity index (χ3n) is 3.56. The van der Waals surface area contributed by atoms with E-state index in [2.05, 4.69) is 30.1 Å². The predicted octanol–water partition coefficient (Wildman–Crippen LogP) is 0.974. The van der Waals surface area contributed by atoms with Gasteiger partial charge in [-0.1, -0.05) is 0 Å². The molecule has 0 bridgehead atoms. The number of rotatable bonds is 2. The molecule has 0 amide bonds. The van der Waals surface area contributed by atoms with Gasteiger partial charge in [-0.25, -0.2) is 0 Å². The first-order valence-electron chi connectivity index (χ1n) is 5.45. The van der Waals surface area contributed by atoms with Crippen LogP contribution in [0.3, 0.4) is 0 Å². The van der Waals surface area contributed by atoms with Gasteiger partial charge in [-0.3, -0.25) is 4.90 Å². The first-order valence-corrected chi connectivity index (χ1v) is 5.45. The monoisotopic (exact) mass is 193 g/mol. The van der Waals surface area contributed by atoms with Crippen LogP contribution in [-0.2, 0) is 0 Å². The third kappa shape index (κ3) is 1.77. The summed E-state index contributed by atoms with van der Waals surface area (Å²) < 4.78 is 0. The average molecular weight is 193 g/mol. The molecule has 0 unspecified atom stereocenters. The summed E-state index contributed by atoms with van der Waals surface area (Å²) >= 11 is 0. The van der Waals surface area contributed by atoms with Gasteiger partial charge in [0.25, 0.3) is 0 Å². The zero-order valence-electron chi connectivity index (χ0n) is 9.14. The van der Waals surface area contributed by atoms with Crippen molar-refractivity contribution in [1.29, 1.82) is 5.26 Å². The van der Waals surface area contributed by atoms with E-state index >= 15 is 0 Å². The molecular formula is C11H19N3. The largest absolute Gasteiger partial charge is 0.314 e. The van der Waals surface area contributed by atoms with E-state index < -0.39 is 0 Å². The Morgan fingerprint density at radius 3 is 2.64 bits per heavy atom. The summed E-state index contributed by atoms with van der Waals surface area (Å²) in [6.45, 7) is 8.66. The topological polar surface area (TPSA) is 39.1 Å². The lowest BCUT2D eigenvalue weighted by Gasteiger charge is -2.43. The molecule has 1 aliphatic carbocycles. The maximum absolute atomic E-state index is 9.07. The number of hydrogen-bond donors (Lipinski definition) is 1. The fourth-order valence-corrected chi connectivity index (χ4v) is 2.14. The van der Waals surface area contributed by atoms with E-state index in [-0.39, 0.29) is 11.0 Å². The Kier molecular flexibility index (Phi) is 2.29. The standard InChI is InChI=1S/C11H19N3/c1-10(2)8-13-5-6-14(10)9-11(7-12)3-4-11/h13H,3-6,8-9H2,1-2H3. The summed E-state index contributed by atoms with van der Waals surface area (Å²) in [7, 11) is 0. The number of nitrogens with one attached hydrogen (secondary N) is 1. The summed E-state index contributed by atoms with van der Waals surface area (Å²) in [4.78, 5) is 2.47. The molecule has 1 saturated heterocycles. The van der Waals surface area contributed by atoms with Crippen molar-refractivity contribution in [2.24, 2.45) is 5.41 Å². The van der Waals surface area contributed by atoms with Gasteiger partial charge in [0.15, 0.2) is 0 Å². The first-order chi connectivity index (χ1) is 6.58. The quantitative estimate of drug-likeness (QED) is 0.710. The zero-order chi connectivity index (χ0) is 10.2. The van der Waals surface area contributed by atoms with Crippen LogP contribution >= 0.6 is 0 Å². The first kappa shape index (κ1) is 9.95. The van der Waals surface area contributed by atoms with Crippen molar-refractivity contribution >= 4 is 0 Å². The maximum Gasteiger partial charge on any atom is 0.0703 e. The molecule has 0 aromatic heterocycles. The molecule has 1 aliphatic heterocycles. The smallest absolute Gasteiger partial charge is 0.0703 e. The molecule has 2 aliphatic rings. The van der Waals surface area contributed by atoms with Crippen molar-refractivity contribution in [3.05, 3.63) is 0 Å². The van der Waals surface area contributed by atoms with Gasteiger partial charge in [0.1, 0.15) is 0 Å². The van der Waals surface area contributed by atoms with E-state index in [4.69, 9.17) is 5.26 Å². The van der Waals surface area contributed by atoms with E-state index in [9.17, 15) is 0 Å². The van der Waals surface area contributed by atoms with Crippen LogP contribution < -0.4 is 5.32 Å². The predicted molar refractivity (Wildman–Crippen MR) is 55.8 cm³/mol. The van der Waals surface area contributed by atoms with Crippen LogP contribution in [0.2, 0.25) is 0 Å². The Hall–Kier alpha value is -0.590. The normalized spacial score (nSPS) is 29.5. The van der Waals surface area contributed by atoms with Crippen molar-refractivity contribution in [3.8, 4) is 6.07 Å². The van der Waals surface area contributed by atoms with E-state index in [1.54, 1.807) is 0 Å². The fourth-order valence-electron chi connectivity index (χ4n) is 2.14. The minimum atomic E-state index is 0.00854. The summed E-state index contributed by atoms with van der Waals surface area (Å²) in [5, 5.41) is 12.5. The molecule has 0 aromatic carbocycles. The molecule has 0 atom stereocenters. The second-order valence-electron chi connectivity index (χ2n) is 5.30. The highest BCUT2D eigenvalue weighted by Crippen LogP contribution is 2.46. The number of nitrogens with zero attached hydrogens (tertiary/aromatic N) is 2. The molecule has 0 spiro atoms. The Morgan fingerprint density at radius 2 is 2.14 bits per heavy atom. The van der Waals surface area contributed by atoms with Crippen LogP contribution in [0.1, 0.15) is 26.7 Å². The van der Waals surface area contributed by atoms with Crippen molar-refractivity contribution < 1.29 is 0 Å². The van der Waals surface area contributed by atoms with Gasteiger partial charge >= 0.3 is 0 Å². The van der Waals surface area contributed by atoms with Gasteiger partial charge in [0.2, 0.25) is 0 Å². The molecule has 78 valence electrons. The molecule has 0 aromatic rings. The molecule has 14 heavy (non-hydrogen) atoms. The maximum atomic E-state index is 9.07. The second kappa shape index (κ2) is 3.22. The van der Waals surface area contributed by atoms with E-state index in [1.807, 2.05) is 0 Å². The van der Waals surface area contributed by atoms with Crippen molar-refractivity contribution in [1.82, 2.24) is 10.2 Å². The van der Waals surface area contributed by atoms with E-state index in [0.29, 0.717) is 0 Å². The lowest BCUT2D eigenvalue weighted by atomic mass is 9.97. The highest BCUT2D eigenvalue weighted by atomic mass is 15.3. The Bertz CT molecular complexity index is 260.